The Morgan fingerprint density at radius 2 is 1.72 bits per heavy atom. The topological polar surface area (TPSA) is 89.5 Å². The Morgan fingerprint density at radius 3 is 2.28 bits per heavy atom. The zero-order valence-electron chi connectivity index (χ0n) is 14.5. The van der Waals surface area contributed by atoms with E-state index in [9.17, 15) is 16.8 Å². The third kappa shape index (κ3) is 4.32. The molecular formula is C17H21NO5S2. The van der Waals surface area contributed by atoms with E-state index in [4.69, 9.17) is 4.74 Å². The number of methoxy groups -OCH3 is 1. The standard InChI is InChI=1S/C17H21NO5S2/c1-5-13-7-6-12(2)15(10-13)18-25(21,22)17-11-14(24(4,19)20)8-9-16(17)23-3/h6-11,18H,5H2,1-4H3. The first-order chi connectivity index (χ1) is 11.6. The van der Waals surface area contributed by atoms with Crippen LogP contribution in [-0.2, 0) is 26.3 Å². The molecule has 0 fully saturated rings. The summed E-state index contributed by atoms with van der Waals surface area (Å²) in [6, 6.07) is 9.28. The maximum atomic E-state index is 12.8. The molecule has 0 aromatic heterocycles. The minimum atomic E-state index is -4.03. The molecule has 0 aliphatic rings. The lowest BCUT2D eigenvalue weighted by Gasteiger charge is -2.15. The first-order valence-corrected chi connectivity index (χ1v) is 11.0. The number of rotatable bonds is 6. The lowest BCUT2D eigenvalue weighted by molar-refractivity contribution is 0.402. The van der Waals surface area contributed by atoms with Crippen LogP contribution in [0.25, 0.3) is 0 Å². The van der Waals surface area contributed by atoms with Gasteiger partial charge < -0.3 is 4.74 Å². The van der Waals surface area contributed by atoms with Crippen LogP contribution in [0, 0.1) is 6.92 Å². The van der Waals surface area contributed by atoms with E-state index in [0.717, 1.165) is 29.9 Å². The Kier molecular flexibility index (Phi) is 5.43. The van der Waals surface area contributed by atoms with Gasteiger partial charge in [0.1, 0.15) is 10.6 Å². The van der Waals surface area contributed by atoms with Crippen LogP contribution < -0.4 is 9.46 Å². The number of anilines is 1. The van der Waals surface area contributed by atoms with Gasteiger partial charge in [0, 0.05) is 6.26 Å². The van der Waals surface area contributed by atoms with E-state index in [1.54, 1.807) is 13.0 Å². The molecule has 0 aliphatic heterocycles. The van der Waals surface area contributed by atoms with Crippen molar-refractivity contribution in [3.05, 3.63) is 47.5 Å². The van der Waals surface area contributed by atoms with Crippen molar-refractivity contribution in [3.63, 3.8) is 0 Å². The lowest BCUT2D eigenvalue weighted by atomic mass is 10.1. The number of benzene rings is 2. The second-order valence-electron chi connectivity index (χ2n) is 5.69. The average molecular weight is 383 g/mol. The van der Waals surface area contributed by atoms with Crippen molar-refractivity contribution in [1.29, 1.82) is 0 Å². The SMILES string of the molecule is CCc1ccc(C)c(NS(=O)(=O)c2cc(S(C)(=O)=O)ccc2OC)c1. The number of aryl methyl sites for hydroxylation is 2. The molecule has 0 spiro atoms. The zero-order chi connectivity index (χ0) is 18.8. The molecule has 2 aromatic rings. The third-order valence-electron chi connectivity index (χ3n) is 3.81. The van der Waals surface area contributed by atoms with Crippen LogP contribution in [0.3, 0.4) is 0 Å². The molecule has 0 heterocycles. The van der Waals surface area contributed by atoms with Crippen molar-refractivity contribution in [2.45, 2.75) is 30.1 Å². The largest absolute Gasteiger partial charge is 0.495 e. The van der Waals surface area contributed by atoms with E-state index < -0.39 is 19.9 Å². The minimum Gasteiger partial charge on any atom is -0.495 e. The predicted molar refractivity (Wildman–Crippen MR) is 97.5 cm³/mol. The van der Waals surface area contributed by atoms with E-state index in [-0.39, 0.29) is 15.5 Å². The van der Waals surface area contributed by atoms with Gasteiger partial charge in [0.25, 0.3) is 10.0 Å². The Labute approximate surface area is 148 Å². The maximum absolute atomic E-state index is 12.8. The third-order valence-corrected chi connectivity index (χ3v) is 6.30. The highest BCUT2D eigenvalue weighted by molar-refractivity contribution is 7.93. The fourth-order valence-electron chi connectivity index (χ4n) is 2.30. The number of ether oxygens (including phenoxy) is 1. The number of hydrogen-bond donors (Lipinski definition) is 1. The molecule has 0 saturated heterocycles. The first-order valence-electron chi connectivity index (χ1n) is 7.59. The molecule has 8 heteroatoms. The fraction of sp³-hybridized carbons (Fsp3) is 0.294. The number of hydrogen-bond acceptors (Lipinski definition) is 5. The summed E-state index contributed by atoms with van der Waals surface area (Å²) in [7, 11) is -6.25. The van der Waals surface area contributed by atoms with Crippen LogP contribution in [0.15, 0.2) is 46.2 Å². The summed E-state index contributed by atoms with van der Waals surface area (Å²) < 4.78 is 56.8. The second-order valence-corrected chi connectivity index (χ2v) is 9.36. The summed E-state index contributed by atoms with van der Waals surface area (Å²) >= 11 is 0. The predicted octanol–water partition coefficient (Wildman–Crippen LogP) is 2.77. The molecule has 2 rings (SSSR count). The molecule has 0 amide bonds. The fourth-order valence-corrected chi connectivity index (χ4v) is 4.34. The molecule has 0 unspecified atom stereocenters. The van der Waals surface area contributed by atoms with Crippen LogP contribution in [0.4, 0.5) is 5.69 Å². The maximum Gasteiger partial charge on any atom is 0.265 e. The van der Waals surface area contributed by atoms with Crippen molar-refractivity contribution in [3.8, 4) is 5.75 Å². The molecule has 1 N–H and O–H groups in total. The zero-order valence-corrected chi connectivity index (χ0v) is 16.2. The van der Waals surface area contributed by atoms with E-state index in [1.807, 2.05) is 19.1 Å². The van der Waals surface area contributed by atoms with E-state index in [0.29, 0.717) is 5.69 Å². The molecule has 6 nitrogen and oxygen atoms in total. The van der Waals surface area contributed by atoms with Crippen LogP contribution in [0.1, 0.15) is 18.1 Å². The number of nitrogens with one attached hydrogen (secondary N) is 1. The van der Waals surface area contributed by atoms with Gasteiger partial charge in [0.15, 0.2) is 9.84 Å². The first kappa shape index (κ1) is 19.3. The molecule has 0 atom stereocenters. The van der Waals surface area contributed by atoms with Gasteiger partial charge in [0.2, 0.25) is 0 Å². The van der Waals surface area contributed by atoms with Crippen LogP contribution in [0.5, 0.6) is 5.75 Å². The minimum absolute atomic E-state index is 0.0733. The highest BCUT2D eigenvalue weighted by atomic mass is 32.2. The highest BCUT2D eigenvalue weighted by Crippen LogP contribution is 2.29. The molecule has 136 valence electrons. The van der Waals surface area contributed by atoms with Gasteiger partial charge in [-0.1, -0.05) is 19.1 Å². The second kappa shape index (κ2) is 7.05. The molecular weight excluding hydrogens is 362 g/mol. The normalized spacial score (nSPS) is 12.0. The summed E-state index contributed by atoms with van der Waals surface area (Å²) in [5.74, 6) is 0.0733. The van der Waals surface area contributed by atoms with Crippen molar-refractivity contribution in [2.24, 2.45) is 0 Å². The molecule has 2 aromatic carbocycles. The number of sulfonamides is 1. The van der Waals surface area contributed by atoms with Crippen LogP contribution in [-0.4, -0.2) is 30.2 Å². The van der Waals surface area contributed by atoms with Crippen LogP contribution in [0.2, 0.25) is 0 Å². The summed E-state index contributed by atoms with van der Waals surface area (Å²) in [6.07, 6.45) is 1.79. The van der Waals surface area contributed by atoms with Crippen molar-refractivity contribution in [1.82, 2.24) is 0 Å². The Balaban J connectivity index is 2.56. The smallest absolute Gasteiger partial charge is 0.265 e. The van der Waals surface area contributed by atoms with Gasteiger partial charge >= 0.3 is 0 Å². The van der Waals surface area contributed by atoms with Gasteiger partial charge in [-0.25, -0.2) is 16.8 Å². The van der Waals surface area contributed by atoms with Gasteiger partial charge in [-0.3, -0.25) is 4.72 Å². The van der Waals surface area contributed by atoms with Crippen molar-refractivity contribution in [2.75, 3.05) is 18.1 Å². The van der Waals surface area contributed by atoms with Crippen LogP contribution >= 0.6 is 0 Å². The Bertz CT molecular complexity index is 996. The summed E-state index contributed by atoms with van der Waals surface area (Å²) in [4.78, 5) is -0.313. The van der Waals surface area contributed by atoms with Gasteiger partial charge in [-0.05, 0) is 48.7 Å². The monoisotopic (exact) mass is 383 g/mol. The van der Waals surface area contributed by atoms with E-state index in [1.165, 1.54) is 19.2 Å². The molecule has 0 radical (unpaired) electrons. The summed E-state index contributed by atoms with van der Waals surface area (Å²) in [6.45, 7) is 3.77. The van der Waals surface area contributed by atoms with Crippen molar-refractivity contribution >= 4 is 25.5 Å². The molecule has 25 heavy (non-hydrogen) atoms. The molecule has 0 aliphatic carbocycles. The summed E-state index contributed by atoms with van der Waals surface area (Å²) in [5.41, 5.74) is 2.20. The summed E-state index contributed by atoms with van der Waals surface area (Å²) in [5, 5.41) is 0. The molecule has 0 saturated carbocycles. The number of sulfone groups is 1. The Morgan fingerprint density at radius 1 is 1.04 bits per heavy atom. The lowest BCUT2D eigenvalue weighted by Crippen LogP contribution is -2.16. The van der Waals surface area contributed by atoms with E-state index in [2.05, 4.69) is 4.72 Å². The molecule has 0 bridgehead atoms. The highest BCUT2D eigenvalue weighted by Gasteiger charge is 2.23. The van der Waals surface area contributed by atoms with Gasteiger partial charge in [-0.15, -0.1) is 0 Å². The quantitative estimate of drug-likeness (QED) is 0.828. The van der Waals surface area contributed by atoms with Crippen molar-refractivity contribution < 1.29 is 21.6 Å². The van der Waals surface area contributed by atoms with Gasteiger partial charge in [0.05, 0.1) is 17.7 Å². The van der Waals surface area contributed by atoms with Gasteiger partial charge in [-0.2, -0.15) is 0 Å². The average Bonchev–Trinajstić information content (AvgIpc) is 2.55. The Hall–Kier alpha value is -2.06. The van der Waals surface area contributed by atoms with E-state index >= 15 is 0 Å².